The van der Waals surface area contributed by atoms with E-state index in [1.165, 1.54) is 37.7 Å². The van der Waals surface area contributed by atoms with Crippen molar-refractivity contribution in [2.24, 2.45) is 11.7 Å². The quantitative estimate of drug-likeness (QED) is 0.277. The molecule has 5 nitrogen and oxygen atoms in total. The summed E-state index contributed by atoms with van der Waals surface area (Å²) in [5.74, 6) is 0.516. The van der Waals surface area contributed by atoms with Gasteiger partial charge in [-0.2, -0.15) is 0 Å². The Labute approximate surface area is 237 Å². The van der Waals surface area contributed by atoms with Gasteiger partial charge in [0.05, 0.1) is 11.2 Å². The smallest absolute Gasteiger partial charge is 0.253 e. The van der Waals surface area contributed by atoms with Crippen LogP contribution in [0.3, 0.4) is 0 Å². The number of carbonyl (C=O) groups excluding carboxylic acids is 1. The molecule has 38 heavy (non-hydrogen) atoms. The van der Waals surface area contributed by atoms with Crippen LogP contribution in [0, 0.1) is 12.8 Å². The average Bonchev–Trinajstić information content (AvgIpc) is 3.13. The number of benzene rings is 1. The molecular weight excluding hydrogens is 490 g/mol. The second kappa shape index (κ2) is 13.1. The molecular formula is C32H53N3O2S. The summed E-state index contributed by atoms with van der Waals surface area (Å²) in [7, 11) is 0. The van der Waals surface area contributed by atoms with Gasteiger partial charge in [0.2, 0.25) is 0 Å². The summed E-state index contributed by atoms with van der Waals surface area (Å²) in [6.45, 7) is 19.3. The molecule has 0 bridgehead atoms. The van der Waals surface area contributed by atoms with Crippen molar-refractivity contribution in [3.05, 3.63) is 41.1 Å². The lowest BCUT2D eigenvalue weighted by atomic mass is 9.85. The number of carbonyl (C=O) groups is 1. The summed E-state index contributed by atoms with van der Waals surface area (Å²) in [5, 5.41) is 12.9. The van der Waals surface area contributed by atoms with Crippen LogP contribution in [0.25, 0.3) is 11.3 Å². The first-order valence-electron chi connectivity index (χ1n) is 14.3. The molecule has 0 atom stereocenters. The van der Waals surface area contributed by atoms with E-state index in [1.54, 1.807) is 13.8 Å². The fourth-order valence-electron chi connectivity index (χ4n) is 4.67. The van der Waals surface area contributed by atoms with Crippen molar-refractivity contribution >= 4 is 18.5 Å². The van der Waals surface area contributed by atoms with Gasteiger partial charge in [-0.3, -0.25) is 4.79 Å². The van der Waals surface area contributed by atoms with E-state index >= 15 is 0 Å². The zero-order valence-corrected chi connectivity index (χ0v) is 26.3. The summed E-state index contributed by atoms with van der Waals surface area (Å²) in [6, 6.07) is 8.44. The van der Waals surface area contributed by atoms with Crippen LogP contribution in [0.1, 0.15) is 116 Å². The zero-order valence-electron chi connectivity index (χ0n) is 25.4. The first kappa shape index (κ1) is 32.5. The maximum absolute atomic E-state index is 13.0. The summed E-state index contributed by atoms with van der Waals surface area (Å²) in [5.41, 5.74) is 9.70. The molecule has 3 rings (SSSR count). The van der Waals surface area contributed by atoms with Crippen LogP contribution in [-0.4, -0.2) is 33.3 Å². The van der Waals surface area contributed by atoms with Crippen molar-refractivity contribution in [1.29, 1.82) is 0 Å². The number of hydrogen-bond acceptors (Lipinski definition) is 4. The molecule has 1 fully saturated rings. The van der Waals surface area contributed by atoms with Crippen LogP contribution in [0.2, 0.25) is 0 Å². The number of thiol groups is 1. The molecule has 1 aromatic heterocycles. The molecule has 1 aliphatic rings. The van der Waals surface area contributed by atoms with Gasteiger partial charge in [0.15, 0.2) is 0 Å². The Morgan fingerprint density at radius 1 is 1.08 bits per heavy atom. The summed E-state index contributed by atoms with van der Waals surface area (Å²) >= 11 is 4.70. The molecule has 1 amide bonds. The highest BCUT2D eigenvalue weighted by molar-refractivity contribution is 7.80. The minimum absolute atomic E-state index is 0.0180. The van der Waals surface area contributed by atoms with Gasteiger partial charge in [-0.25, -0.2) is 0 Å². The highest BCUT2D eigenvalue weighted by Crippen LogP contribution is 2.35. The van der Waals surface area contributed by atoms with E-state index in [4.69, 9.17) is 18.4 Å². The third kappa shape index (κ3) is 9.77. The van der Waals surface area contributed by atoms with Gasteiger partial charge in [-0.15, -0.1) is 12.6 Å². The van der Waals surface area contributed by atoms with Gasteiger partial charge in [-0.05, 0) is 94.5 Å². The molecule has 214 valence electrons. The maximum Gasteiger partial charge on any atom is 0.253 e. The lowest BCUT2D eigenvalue weighted by Gasteiger charge is -2.25. The van der Waals surface area contributed by atoms with Crippen LogP contribution < -0.4 is 11.1 Å². The first-order chi connectivity index (χ1) is 17.4. The molecule has 0 spiro atoms. The number of rotatable bonds is 7. The number of nitrogens with zero attached hydrogens (tertiary/aromatic N) is 1. The second-order valence-corrected chi connectivity index (χ2v) is 13.9. The third-order valence-electron chi connectivity index (χ3n) is 7.47. The van der Waals surface area contributed by atoms with Gasteiger partial charge >= 0.3 is 0 Å². The van der Waals surface area contributed by atoms with Gasteiger partial charge in [0, 0.05) is 34.9 Å². The standard InChI is InChI=1S/C27H40N2O2S.C5H13N/c1-18-21(25(30)28-17-27(5,6)31)15-23(29(18)16-19-10-8-7-9-11-19)20-12-13-24(32)22(14-20)26(2,3)4;1-4-5(2,3)6/h12-15,19,31-32H,7-11,16-17H2,1-6H3,(H,28,30);4,6H2,1-3H3. The molecule has 6 heteroatoms. The highest BCUT2D eigenvalue weighted by Gasteiger charge is 2.25. The fraction of sp³-hybridized carbons (Fsp3) is 0.656. The Kier molecular flexibility index (Phi) is 11.2. The van der Waals surface area contributed by atoms with Gasteiger partial charge in [0.1, 0.15) is 0 Å². The zero-order chi connectivity index (χ0) is 28.9. The van der Waals surface area contributed by atoms with E-state index < -0.39 is 5.60 Å². The van der Waals surface area contributed by atoms with Crippen molar-refractivity contribution in [3.63, 3.8) is 0 Å². The van der Waals surface area contributed by atoms with E-state index in [0.717, 1.165) is 34.8 Å². The summed E-state index contributed by atoms with van der Waals surface area (Å²) in [4.78, 5) is 14.0. The predicted molar refractivity (Wildman–Crippen MR) is 164 cm³/mol. The summed E-state index contributed by atoms with van der Waals surface area (Å²) in [6.07, 6.45) is 7.47. The molecule has 1 saturated carbocycles. The normalized spacial score (nSPS) is 15.2. The molecule has 1 aromatic carbocycles. The predicted octanol–water partition coefficient (Wildman–Crippen LogP) is 7.26. The van der Waals surface area contributed by atoms with Crippen molar-refractivity contribution in [1.82, 2.24) is 9.88 Å². The van der Waals surface area contributed by atoms with Gasteiger partial charge in [0.25, 0.3) is 5.91 Å². The molecule has 0 aliphatic heterocycles. The van der Waals surface area contributed by atoms with Gasteiger partial charge in [-0.1, -0.05) is 53.0 Å². The Morgan fingerprint density at radius 3 is 2.16 bits per heavy atom. The highest BCUT2D eigenvalue weighted by atomic mass is 32.1. The fourth-order valence-corrected chi connectivity index (χ4v) is 5.14. The molecule has 2 aromatic rings. The van der Waals surface area contributed by atoms with Gasteiger partial charge < -0.3 is 20.7 Å². The minimum Gasteiger partial charge on any atom is -0.389 e. The van der Waals surface area contributed by atoms with E-state index in [9.17, 15) is 9.90 Å². The first-order valence-corrected chi connectivity index (χ1v) is 14.7. The van der Waals surface area contributed by atoms with E-state index in [-0.39, 0.29) is 23.4 Å². The van der Waals surface area contributed by atoms with Crippen LogP contribution in [0.5, 0.6) is 0 Å². The number of nitrogens with two attached hydrogens (primary N) is 1. The second-order valence-electron chi connectivity index (χ2n) is 13.5. The molecule has 0 unspecified atom stereocenters. The SMILES string of the molecule is CCC(C)(C)N.Cc1c(C(=O)NCC(C)(C)O)cc(-c2ccc(S)c(C(C)(C)C)c2)n1CC1CCCCC1. The number of aromatic nitrogens is 1. The topological polar surface area (TPSA) is 80.3 Å². The largest absolute Gasteiger partial charge is 0.389 e. The van der Waals surface area contributed by atoms with E-state index in [0.29, 0.717) is 11.5 Å². The van der Waals surface area contributed by atoms with Crippen molar-refractivity contribution in [2.75, 3.05) is 6.54 Å². The van der Waals surface area contributed by atoms with Crippen LogP contribution in [0.15, 0.2) is 29.2 Å². The third-order valence-corrected chi connectivity index (χ3v) is 7.86. The maximum atomic E-state index is 13.0. The Balaban J connectivity index is 0.000000757. The monoisotopic (exact) mass is 543 g/mol. The number of nitrogens with one attached hydrogen (secondary N) is 1. The number of hydrogen-bond donors (Lipinski definition) is 4. The Morgan fingerprint density at radius 2 is 1.66 bits per heavy atom. The average molecular weight is 544 g/mol. The van der Waals surface area contributed by atoms with Crippen molar-refractivity contribution in [3.8, 4) is 11.3 Å². The lowest BCUT2D eigenvalue weighted by molar-refractivity contribution is 0.0694. The molecule has 4 N–H and O–H groups in total. The van der Waals surface area contributed by atoms with Crippen molar-refractivity contribution in [2.45, 2.75) is 129 Å². The van der Waals surface area contributed by atoms with Crippen LogP contribution in [0.4, 0.5) is 0 Å². The molecule has 0 radical (unpaired) electrons. The van der Waals surface area contributed by atoms with Crippen LogP contribution in [-0.2, 0) is 12.0 Å². The molecule has 1 heterocycles. The number of amides is 1. The lowest BCUT2D eigenvalue weighted by Crippen LogP contribution is -2.38. The van der Waals surface area contributed by atoms with Crippen molar-refractivity contribution < 1.29 is 9.90 Å². The van der Waals surface area contributed by atoms with E-state index in [2.05, 4.69) is 55.8 Å². The summed E-state index contributed by atoms with van der Waals surface area (Å²) < 4.78 is 2.34. The Bertz CT molecular complexity index is 1060. The van der Waals surface area contributed by atoms with Crippen LogP contribution >= 0.6 is 12.6 Å². The van der Waals surface area contributed by atoms with E-state index in [1.807, 2.05) is 26.8 Å². The molecule has 0 saturated heterocycles. The number of aliphatic hydroxyl groups is 1. The minimum atomic E-state index is -0.943. The molecule has 1 aliphatic carbocycles. The Hall–Kier alpha value is -1.76.